The highest BCUT2D eigenvalue weighted by atomic mass is 35.5. The number of para-hydroxylation sites is 1. The van der Waals surface area contributed by atoms with Gasteiger partial charge in [0.2, 0.25) is 5.91 Å². The highest BCUT2D eigenvalue weighted by molar-refractivity contribution is 6.27. The molecule has 0 spiro atoms. The molecule has 3 saturated carbocycles. The van der Waals surface area contributed by atoms with Crippen LogP contribution in [0.3, 0.4) is 0 Å². The topological polar surface area (TPSA) is 88.7 Å². The molecule has 3 fully saturated rings. The van der Waals surface area contributed by atoms with Crippen LogP contribution in [0.4, 0.5) is 4.39 Å². The summed E-state index contributed by atoms with van der Waals surface area (Å²) in [4.78, 5) is 43.5. The van der Waals surface area contributed by atoms with Gasteiger partial charge in [-0.1, -0.05) is 30.3 Å². The van der Waals surface area contributed by atoms with Crippen LogP contribution >= 0.6 is 11.6 Å². The first-order valence-electron chi connectivity index (χ1n) is 12.3. The number of ether oxygens (including phenoxy) is 2. The first-order chi connectivity index (χ1) is 17.8. The fourth-order valence-electron chi connectivity index (χ4n) is 6.45. The van der Waals surface area contributed by atoms with Crippen LogP contribution in [0.5, 0.6) is 0 Å². The Labute approximate surface area is 217 Å². The summed E-state index contributed by atoms with van der Waals surface area (Å²) in [5, 5.41) is 0.971. The number of benzene rings is 2. The molecule has 1 N–H and O–H groups in total. The minimum absolute atomic E-state index is 0.191. The molecule has 4 aliphatic rings. The van der Waals surface area contributed by atoms with Gasteiger partial charge < -0.3 is 19.4 Å². The van der Waals surface area contributed by atoms with E-state index >= 15 is 0 Å². The van der Waals surface area contributed by atoms with E-state index in [0.29, 0.717) is 30.4 Å². The molecule has 0 radical (unpaired) electrons. The maximum Gasteiger partial charge on any atom is 0.338 e. The molecule has 192 valence electrons. The number of hydrogen-bond acceptors (Lipinski definition) is 5. The third-order valence-corrected chi connectivity index (χ3v) is 8.28. The van der Waals surface area contributed by atoms with Gasteiger partial charge in [-0.2, -0.15) is 0 Å². The molecule has 7 nitrogen and oxygen atoms in total. The second-order valence-corrected chi connectivity index (χ2v) is 10.8. The van der Waals surface area contributed by atoms with Crippen molar-refractivity contribution < 1.29 is 28.2 Å². The Morgan fingerprint density at radius 3 is 2.46 bits per heavy atom. The molecule has 2 bridgehead atoms. The fraction of sp³-hybridized carbons (Fsp3) is 0.393. The molecule has 0 unspecified atom stereocenters. The lowest BCUT2D eigenvalue weighted by Crippen LogP contribution is -2.66. The highest BCUT2D eigenvalue weighted by Crippen LogP contribution is 2.69. The number of aromatic amines is 1. The van der Waals surface area contributed by atoms with Gasteiger partial charge in [0.25, 0.3) is 0 Å². The SMILES string of the molecule is COC(=O)[C@H]1Cc2c([nH]c3ccccc23)[C@H](c2ccc(C(=O)OCC34CC(F)(C3)C4)cc2)N1C(=O)CCl. The van der Waals surface area contributed by atoms with Crippen molar-refractivity contribution in [1.29, 1.82) is 0 Å². The molecule has 1 aliphatic heterocycles. The van der Waals surface area contributed by atoms with Gasteiger partial charge in [-0.05, 0) is 48.6 Å². The van der Waals surface area contributed by atoms with Gasteiger partial charge in [0.05, 0.1) is 25.3 Å². The predicted octanol–water partition coefficient (Wildman–Crippen LogP) is 4.47. The maximum absolute atomic E-state index is 13.8. The number of hydrogen-bond donors (Lipinski definition) is 1. The predicted molar refractivity (Wildman–Crippen MR) is 134 cm³/mol. The molecule has 2 heterocycles. The lowest BCUT2D eigenvalue weighted by Gasteiger charge is -2.65. The Morgan fingerprint density at radius 2 is 1.81 bits per heavy atom. The summed E-state index contributed by atoms with van der Waals surface area (Å²) < 4.78 is 24.3. The normalized spacial score (nSPS) is 27.6. The summed E-state index contributed by atoms with van der Waals surface area (Å²) in [7, 11) is 1.30. The Hall–Kier alpha value is -3.39. The number of rotatable bonds is 6. The van der Waals surface area contributed by atoms with Crippen molar-refractivity contribution in [3.8, 4) is 0 Å². The van der Waals surface area contributed by atoms with Crippen molar-refractivity contribution in [1.82, 2.24) is 9.88 Å². The first kappa shape index (κ1) is 24.0. The van der Waals surface area contributed by atoms with E-state index in [0.717, 1.165) is 22.2 Å². The Balaban J connectivity index is 1.34. The Bertz CT molecular complexity index is 1400. The van der Waals surface area contributed by atoms with E-state index in [9.17, 15) is 18.8 Å². The van der Waals surface area contributed by atoms with Crippen LogP contribution in [-0.2, 0) is 25.5 Å². The average Bonchev–Trinajstić information content (AvgIpc) is 3.26. The summed E-state index contributed by atoms with van der Waals surface area (Å²) >= 11 is 5.99. The van der Waals surface area contributed by atoms with Crippen molar-refractivity contribution in [3.63, 3.8) is 0 Å². The number of alkyl halides is 2. The van der Waals surface area contributed by atoms with Gasteiger partial charge in [-0.15, -0.1) is 11.6 Å². The molecule has 0 saturated heterocycles. The largest absolute Gasteiger partial charge is 0.467 e. The van der Waals surface area contributed by atoms with Crippen molar-refractivity contribution in [2.24, 2.45) is 5.41 Å². The number of carbonyl (C=O) groups is 3. The number of nitrogens with one attached hydrogen (secondary N) is 1. The van der Waals surface area contributed by atoms with E-state index in [1.807, 2.05) is 24.3 Å². The summed E-state index contributed by atoms with van der Waals surface area (Å²) in [5.74, 6) is -1.70. The van der Waals surface area contributed by atoms with E-state index in [1.54, 1.807) is 24.3 Å². The lowest BCUT2D eigenvalue weighted by molar-refractivity contribution is -0.230. The first-order valence-corrected chi connectivity index (χ1v) is 12.8. The quantitative estimate of drug-likeness (QED) is 0.379. The number of halogens is 2. The van der Waals surface area contributed by atoms with Crippen LogP contribution in [0.25, 0.3) is 10.9 Å². The summed E-state index contributed by atoms with van der Waals surface area (Å²) in [6.07, 6.45) is 1.68. The van der Waals surface area contributed by atoms with Crippen LogP contribution in [0.1, 0.15) is 52.5 Å². The third kappa shape index (κ3) is 3.81. The number of esters is 2. The second kappa shape index (κ2) is 8.58. The average molecular weight is 525 g/mol. The van der Waals surface area contributed by atoms with E-state index in [-0.39, 0.29) is 24.3 Å². The van der Waals surface area contributed by atoms with Crippen LogP contribution in [0.2, 0.25) is 0 Å². The van der Waals surface area contributed by atoms with Crippen LogP contribution in [0.15, 0.2) is 48.5 Å². The lowest BCUT2D eigenvalue weighted by atomic mass is 9.43. The van der Waals surface area contributed by atoms with Gasteiger partial charge in [0.15, 0.2) is 0 Å². The Morgan fingerprint density at radius 1 is 1.11 bits per heavy atom. The van der Waals surface area contributed by atoms with Gasteiger partial charge in [-0.25, -0.2) is 14.0 Å². The van der Waals surface area contributed by atoms with Gasteiger partial charge in [0, 0.05) is 28.4 Å². The van der Waals surface area contributed by atoms with E-state index in [1.165, 1.54) is 12.0 Å². The number of H-pyrrole nitrogens is 1. The zero-order valence-electron chi connectivity index (χ0n) is 20.3. The standard InChI is InChI=1S/C28H26ClFN2O5/c1-36-26(35)21-10-19-18-4-2-3-5-20(18)31-23(19)24(32(21)22(33)11-29)16-6-8-17(9-7-16)25(34)37-15-27-12-28(30,13-27)14-27/h2-9,21,24,31H,10-15H2,1H3/t21-,24+,27?,28?/m1/s1. The molecule has 2 atom stereocenters. The van der Waals surface area contributed by atoms with Crippen molar-refractivity contribution in [2.45, 2.75) is 43.4 Å². The number of methoxy groups -OCH3 is 1. The molecule has 1 amide bonds. The van der Waals surface area contributed by atoms with Crippen molar-refractivity contribution >= 4 is 40.3 Å². The number of fused-ring (bicyclic) bond motifs is 3. The molecular formula is C28H26ClFN2O5. The molecule has 2 aromatic carbocycles. The number of amides is 1. The zero-order chi connectivity index (χ0) is 25.9. The smallest absolute Gasteiger partial charge is 0.338 e. The van der Waals surface area contributed by atoms with E-state index in [2.05, 4.69) is 4.98 Å². The minimum Gasteiger partial charge on any atom is -0.467 e. The second-order valence-electron chi connectivity index (χ2n) is 10.5. The van der Waals surface area contributed by atoms with Gasteiger partial charge >= 0.3 is 11.9 Å². The molecule has 7 rings (SSSR count). The number of aromatic nitrogens is 1. The molecule has 3 aromatic rings. The fourth-order valence-corrected chi connectivity index (χ4v) is 6.59. The molecule has 37 heavy (non-hydrogen) atoms. The van der Waals surface area contributed by atoms with Crippen LogP contribution < -0.4 is 0 Å². The van der Waals surface area contributed by atoms with Crippen LogP contribution in [0, 0.1) is 5.41 Å². The van der Waals surface area contributed by atoms with Gasteiger partial charge in [-0.3, -0.25) is 4.79 Å². The summed E-state index contributed by atoms with van der Waals surface area (Å²) in [5.41, 5.74) is 2.45. The monoisotopic (exact) mass is 524 g/mol. The molecule has 1 aromatic heterocycles. The van der Waals surface area contributed by atoms with Crippen LogP contribution in [-0.4, -0.2) is 59.0 Å². The summed E-state index contributed by atoms with van der Waals surface area (Å²) in [6.45, 7) is 0.221. The van der Waals surface area contributed by atoms with E-state index < -0.39 is 35.6 Å². The van der Waals surface area contributed by atoms with Crippen molar-refractivity contribution in [3.05, 3.63) is 70.9 Å². The molecule has 3 aliphatic carbocycles. The highest BCUT2D eigenvalue weighted by Gasteiger charge is 2.69. The van der Waals surface area contributed by atoms with Crippen molar-refractivity contribution in [2.75, 3.05) is 19.6 Å². The van der Waals surface area contributed by atoms with E-state index in [4.69, 9.17) is 21.1 Å². The van der Waals surface area contributed by atoms with Gasteiger partial charge in [0.1, 0.15) is 17.6 Å². The number of nitrogens with zero attached hydrogens (tertiary/aromatic N) is 1. The molecular weight excluding hydrogens is 499 g/mol. The maximum atomic E-state index is 13.8. The minimum atomic E-state index is -1.04. The number of carbonyl (C=O) groups excluding carboxylic acids is 3. The molecule has 9 heteroatoms. The zero-order valence-corrected chi connectivity index (χ0v) is 21.0. The third-order valence-electron chi connectivity index (χ3n) is 8.05. The summed E-state index contributed by atoms with van der Waals surface area (Å²) in [6, 6.07) is 13.1. The Kier molecular flexibility index (Phi) is 5.56.